The fraction of sp³-hybridized carbons (Fsp3) is 0.400. The van der Waals surface area contributed by atoms with Crippen LogP contribution in [0.3, 0.4) is 0 Å². The number of nitrogens with zero attached hydrogens (tertiary/aromatic N) is 3. The van der Waals surface area contributed by atoms with Gasteiger partial charge in [-0.25, -0.2) is 9.97 Å². The van der Waals surface area contributed by atoms with Crippen molar-refractivity contribution in [3.8, 4) is 0 Å². The van der Waals surface area contributed by atoms with Gasteiger partial charge in [-0.3, -0.25) is 4.79 Å². The number of nitrogens with one attached hydrogen (secondary N) is 1. The van der Waals surface area contributed by atoms with Crippen molar-refractivity contribution in [3.05, 3.63) is 24.3 Å². The predicted molar refractivity (Wildman–Crippen MR) is 61.6 cm³/mol. The Morgan fingerprint density at radius 1 is 1.59 bits per heavy atom. The molecule has 0 aromatic carbocycles. The SMILES string of the molecule is CCCC(NC(=O)c1cncnc1)C(N)=NO. The van der Waals surface area contributed by atoms with Crippen LogP contribution in [0.25, 0.3) is 0 Å². The Labute approximate surface area is 98.8 Å². The molecule has 0 saturated heterocycles. The lowest BCUT2D eigenvalue weighted by Crippen LogP contribution is -2.44. The van der Waals surface area contributed by atoms with E-state index < -0.39 is 6.04 Å². The highest BCUT2D eigenvalue weighted by atomic mass is 16.4. The van der Waals surface area contributed by atoms with Crippen LogP contribution in [0.5, 0.6) is 0 Å². The van der Waals surface area contributed by atoms with Crippen LogP contribution in [-0.2, 0) is 0 Å². The summed E-state index contributed by atoms with van der Waals surface area (Å²) >= 11 is 0. The average molecular weight is 237 g/mol. The standard InChI is InChI=1S/C10H15N5O2/c1-2-3-8(9(11)15-17)14-10(16)7-4-12-6-13-5-7/h4-6,8,17H,2-3H2,1H3,(H2,11,15)(H,14,16). The van der Waals surface area contributed by atoms with Crippen LogP contribution in [0.1, 0.15) is 30.1 Å². The Kier molecular flexibility index (Phi) is 4.86. The number of carbonyl (C=O) groups is 1. The van der Waals surface area contributed by atoms with Crippen molar-refractivity contribution in [2.75, 3.05) is 0 Å². The van der Waals surface area contributed by atoms with Gasteiger partial charge in [0.1, 0.15) is 6.33 Å². The summed E-state index contributed by atoms with van der Waals surface area (Å²) in [6, 6.07) is -0.488. The van der Waals surface area contributed by atoms with Gasteiger partial charge < -0.3 is 16.3 Å². The zero-order valence-electron chi connectivity index (χ0n) is 9.50. The third-order valence-corrected chi connectivity index (χ3v) is 2.18. The molecule has 0 saturated carbocycles. The third kappa shape index (κ3) is 3.71. The van der Waals surface area contributed by atoms with Crippen LogP contribution in [-0.4, -0.2) is 33.0 Å². The molecule has 0 radical (unpaired) electrons. The monoisotopic (exact) mass is 237 g/mol. The van der Waals surface area contributed by atoms with Crippen molar-refractivity contribution in [1.29, 1.82) is 0 Å². The maximum atomic E-state index is 11.8. The van der Waals surface area contributed by atoms with Crippen molar-refractivity contribution in [1.82, 2.24) is 15.3 Å². The molecular formula is C10H15N5O2. The minimum atomic E-state index is -0.488. The Morgan fingerprint density at radius 3 is 2.76 bits per heavy atom. The number of amidine groups is 1. The molecule has 1 heterocycles. The van der Waals surface area contributed by atoms with E-state index in [9.17, 15) is 4.79 Å². The van der Waals surface area contributed by atoms with Crippen molar-refractivity contribution in [3.63, 3.8) is 0 Å². The average Bonchev–Trinajstić information content (AvgIpc) is 2.38. The van der Waals surface area contributed by atoms with E-state index in [1.807, 2.05) is 6.92 Å². The fourth-order valence-electron chi connectivity index (χ4n) is 1.31. The smallest absolute Gasteiger partial charge is 0.255 e. The number of aromatic nitrogens is 2. The highest BCUT2D eigenvalue weighted by Gasteiger charge is 2.17. The van der Waals surface area contributed by atoms with Crippen molar-refractivity contribution < 1.29 is 10.0 Å². The molecule has 1 aromatic heterocycles. The summed E-state index contributed by atoms with van der Waals surface area (Å²) < 4.78 is 0. The number of oxime groups is 1. The van der Waals surface area contributed by atoms with E-state index in [4.69, 9.17) is 10.9 Å². The lowest BCUT2D eigenvalue weighted by atomic mass is 10.1. The summed E-state index contributed by atoms with van der Waals surface area (Å²) in [6.07, 6.45) is 5.53. The number of carbonyl (C=O) groups excluding carboxylic acids is 1. The van der Waals surface area contributed by atoms with Gasteiger partial charge in [0.05, 0.1) is 11.6 Å². The molecule has 0 aliphatic heterocycles. The molecule has 1 unspecified atom stereocenters. The molecule has 92 valence electrons. The first-order valence-electron chi connectivity index (χ1n) is 5.22. The predicted octanol–water partition coefficient (Wildman–Crippen LogP) is 0.122. The fourth-order valence-corrected chi connectivity index (χ4v) is 1.31. The van der Waals surface area contributed by atoms with Gasteiger partial charge in [0.15, 0.2) is 5.84 Å². The minimum absolute atomic E-state index is 0.0166. The van der Waals surface area contributed by atoms with E-state index in [2.05, 4.69) is 20.4 Å². The Bertz CT molecular complexity index is 393. The summed E-state index contributed by atoms with van der Waals surface area (Å²) in [5.41, 5.74) is 5.82. The molecule has 7 heteroatoms. The van der Waals surface area contributed by atoms with E-state index in [0.29, 0.717) is 12.0 Å². The molecular weight excluding hydrogens is 222 g/mol. The first-order chi connectivity index (χ1) is 8.19. The normalized spacial score (nSPS) is 13.1. The first-order valence-corrected chi connectivity index (χ1v) is 5.22. The second-order valence-electron chi connectivity index (χ2n) is 3.47. The number of amides is 1. The number of hydrogen-bond donors (Lipinski definition) is 3. The molecule has 1 amide bonds. The van der Waals surface area contributed by atoms with Gasteiger partial charge in [-0.2, -0.15) is 0 Å². The molecule has 0 fully saturated rings. The van der Waals surface area contributed by atoms with Crippen LogP contribution >= 0.6 is 0 Å². The van der Waals surface area contributed by atoms with E-state index in [1.54, 1.807) is 0 Å². The largest absolute Gasteiger partial charge is 0.409 e. The zero-order chi connectivity index (χ0) is 12.7. The molecule has 7 nitrogen and oxygen atoms in total. The topological polar surface area (TPSA) is 113 Å². The van der Waals surface area contributed by atoms with Gasteiger partial charge in [-0.15, -0.1) is 0 Å². The van der Waals surface area contributed by atoms with Crippen molar-refractivity contribution >= 4 is 11.7 Å². The quantitative estimate of drug-likeness (QED) is 0.291. The second-order valence-corrected chi connectivity index (χ2v) is 3.47. The highest BCUT2D eigenvalue weighted by molar-refractivity contribution is 5.97. The van der Waals surface area contributed by atoms with Crippen LogP contribution in [0.2, 0.25) is 0 Å². The maximum Gasteiger partial charge on any atom is 0.255 e. The Balaban J connectivity index is 2.71. The number of rotatable bonds is 5. The molecule has 1 atom stereocenters. The van der Waals surface area contributed by atoms with Crippen LogP contribution in [0.4, 0.5) is 0 Å². The molecule has 0 aliphatic rings. The lowest BCUT2D eigenvalue weighted by Gasteiger charge is -2.16. The maximum absolute atomic E-state index is 11.8. The summed E-state index contributed by atoms with van der Waals surface area (Å²) in [5.74, 6) is -0.368. The van der Waals surface area contributed by atoms with Gasteiger partial charge in [0.25, 0.3) is 5.91 Å². The van der Waals surface area contributed by atoms with Crippen LogP contribution in [0.15, 0.2) is 23.9 Å². The number of hydrogen-bond acceptors (Lipinski definition) is 5. The van der Waals surface area contributed by atoms with Crippen molar-refractivity contribution in [2.45, 2.75) is 25.8 Å². The second kappa shape index (κ2) is 6.41. The third-order valence-electron chi connectivity index (χ3n) is 2.18. The van der Waals surface area contributed by atoms with Gasteiger partial charge in [-0.1, -0.05) is 18.5 Å². The van der Waals surface area contributed by atoms with Crippen molar-refractivity contribution in [2.24, 2.45) is 10.9 Å². The molecule has 0 aliphatic carbocycles. The van der Waals surface area contributed by atoms with Crippen LogP contribution in [0, 0.1) is 0 Å². The van der Waals surface area contributed by atoms with E-state index in [-0.39, 0.29) is 11.7 Å². The van der Waals surface area contributed by atoms with Gasteiger partial charge in [-0.05, 0) is 6.42 Å². The minimum Gasteiger partial charge on any atom is -0.409 e. The molecule has 4 N–H and O–H groups in total. The summed E-state index contributed by atoms with van der Waals surface area (Å²) in [4.78, 5) is 19.2. The first kappa shape index (κ1) is 12.9. The summed E-state index contributed by atoms with van der Waals surface area (Å²) in [5, 5.41) is 14.2. The van der Waals surface area contributed by atoms with Crippen LogP contribution < -0.4 is 11.1 Å². The van der Waals surface area contributed by atoms with Gasteiger partial charge in [0, 0.05) is 12.4 Å². The molecule has 0 spiro atoms. The number of nitrogens with two attached hydrogens (primary N) is 1. The highest BCUT2D eigenvalue weighted by Crippen LogP contribution is 2.00. The Hall–Kier alpha value is -2.18. The van der Waals surface area contributed by atoms with Gasteiger partial charge in [0.2, 0.25) is 0 Å². The van der Waals surface area contributed by atoms with Gasteiger partial charge >= 0.3 is 0 Å². The molecule has 17 heavy (non-hydrogen) atoms. The van der Waals surface area contributed by atoms with E-state index >= 15 is 0 Å². The van der Waals surface area contributed by atoms with E-state index in [0.717, 1.165) is 6.42 Å². The molecule has 1 aromatic rings. The van der Waals surface area contributed by atoms with E-state index in [1.165, 1.54) is 18.7 Å². The summed E-state index contributed by atoms with van der Waals surface area (Å²) in [7, 11) is 0. The molecule has 0 bridgehead atoms. The Morgan fingerprint density at radius 2 is 2.24 bits per heavy atom. The molecule has 1 rings (SSSR count). The lowest BCUT2D eigenvalue weighted by molar-refractivity contribution is 0.0944. The summed E-state index contributed by atoms with van der Waals surface area (Å²) in [6.45, 7) is 1.94. The zero-order valence-corrected chi connectivity index (χ0v) is 9.50.